The van der Waals surface area contributed by atoms with Crippen LogP contribution in [0.25, 0.3) is 20.7 Å². The Labute approximate surface area is 181 Å². The average molecular weight is 433 g/mol. The summed E-state index contributed by atoms with van der Waals surface area (Å²) in [6, 6.07) is 19.5. The van der Waals surface area contributed by atoms with Crippen LogP contribution in [0.4, 0.5) is 11.4 Å². The molecule has 0 fully saturated rings. The SMILES string of the molecule is O=C1CN(C(=O)CSc2ncnc3sc(-c4ccccc4)cc23)c2ccccc2N1. The molecule has 0 spiro atoms. The maximum Gasteiger partial charge on any atom is 0.244 e. The molecule has 0 bridgehead atoms. The van der Waals surface area contributed by atoms with E-state index in [9.17, 15) is 9.59 Å². The Morgan fingerprint density at radius 1 is 1.10 bits per heavy atom. The molecular formula is C22H16N4O2S2. The Bertz CT molecular complexity index is 1260. The van der Waals surface area contributed by atoms with Gasteiger partial charge in [0.2, 0.25) is 11.8 Å². The first kappa shape index (κ1) is 18.8. The summed E-state index contributed by atoms with van der Waals surface area (Å²) in [5, 5.41) is 4.51. The molecule has 0 radical (unpaired) electrons. The van der Waals surface area contributed by atoms with Crippen molar-refractivity contribution in [1.82, 2.24) is 9.97 Å². The molecule has 1 N–H and O–H groups in total. The molecule has 6 nitrogen and oxygen atoms in total. The maximum absolute atomic E-state index is 12.9. The van der Waals surface area contributed by atoms with Crippen LogP contribution >= 0.6 is 23.1 Å². The van der Waals surface area contributed by atoms with Crippen molar-refractivity contribution in [2.45, 2.75) is 5.03 Å². The Morgan fingerprint density at radius 3 is 2.77 bits per heavy atom. The maximum atomic E-state index is 12.9. The number of hydrogen-bond acceptors (Lipinski definition) is 6. The molecule has 1 aliphatic rings. The van der Waals surface area contributed by atoms with Crippen molar-refractivity contribution in [2.24, 2.45) is 0 Å². The number of benzene rings is 2. The summed E-state index contributed by atoms with van der Waals surface area (Å²) >= 11 is 2.97. The highest BCUT2D eigenvalue weighted by molar-refractivity contribution is 8.00. The molecule has 3 heterocycles. The van der Waals surface area contributed by atoms with Crippen LogP contribution in [-0.4, -0.2) is 34.1 Å². The van der Waals surface area contributed by atoms with Crippen molar-refractivity contribution in [3.63, 3.8) is 0 Å². The Kier molecular flexibility index (Phi) is 4.94. The van der Waals surface area contributed by atoms with E-state index >= 15 is 0 Å². The minimum absolute atomic E-state index is 0.0200. The van der Waals surface area contributed by atoms with Gasteiger partial charge in [-0.3, -0.25) is 9.59 Å². The van der Waals surface area contributed by atoms with Gasteiger partial charge in [-0.2, -0.15) is 0 Å². The number of hydrogen-bond donors (Lipinski definition) is 1. The van der Waals surface area contributed by atoms with Crippen LogP contribution in [-0.2, 0) is 9.59 Å². The first-order valence-electron chi connectivity index (χ1n) is 9.31. The minimum Gasteiger partial charge on any atom is -0.323 e. The van der Waals surface area contributed by atoms with Crippen LogP contribution < -0.4 is 10.2 Å². The van der Waals surface area contributed by atoms with E-state index in [1.165, 1.54) is 23.0 Å². The molecule has 148 valence electrons. The van der Waals surface area contributed by atoms with Crippen LogP contribution in [0.2, 0.25) is 0 Å². The highest BCUT2D eigenvalue weighted by atomic mass is 32.2. The third-order valence-corrected chi connectivity index (χ3v) is 6.84. The lowest BCUT2D eigenvalue weighted by atomic mass is 10.2. The lowest BCUT2D eigenvalue weighted by Crippen LogP contribution is -2.43. The number of nitrogens with zero attached hydrogens (tertiary/aromatic N) is 3. The molecule has 0 aliphatic carbocycles. The molecule has 1 aliphatic heterocycles. The highest BCUT2D eigenvalue weighted by Crippen LogP contribution is 2.36. The number of thiophene rings is 1. The van der Waals surface area contributed by atoms with Crippen LogP contribution in [0.1, 0.15) is 0 Å². The van der Waals surface area contributed by atoms with Crippen molar-refractivity contribution in [3.8, 4) is 10.4 Å². The third-order valence-electron chi connectivity index (χ3n) is 4.76. The van der Waals surface area contributed by atoms with Crippen molar-refractivity contribution >= 4 is 56.5 Å². The van der Waals surface area contributed by atoms with Crippen molar-refractivity contribution in [1.29, 1.82) is 0 Å². The van der Waals surface area contributed by atoms with E-state index in [2.05, 4.69) is 33.5 Å². The zero-order valence-corrected chi connectivity index (χ0v) is 17.4. The molecule has 2 aromatic carbocycles. The van der Waals surface area contributed by atoms with E-state index < -0.39 is 0 Å². The summed E-state index contributed by atoms with van der Waals surface area (Å²) in [6.45, 7) is 0.0200. The van der Waals surface area contributed by atoms with Crippen molar-refractivity contribution in [2.75, 3.05) is 22.5 Å². The Morgan fingerprint density at radius 2 is 1.90 bits per heavy atom. The second-order valence-electron chi connectivity index (χ2n) is 6.71. The molecule has 4 aromatic rings. The minimum atomic E-state index is -0.193. The van der Waals surface area contributed by atoms with Crippen LogP contribution in [0.15, 0.2) is 72.0 Å². The topological polar surface area (TPSA) is 75.2 Å². The number of thioether (sulfide) groups is 1. The summed E-state index contributed by atoms with van der Waals surface area (Å²) in [5.41, 5.74) is 2.50. The summed E-state index contributed by atoms with van der Waals surface area (Å²) in [6.07, 6.45) is 1.53. The number of nitrogens with one attached hydrogen (secondary N) is 1. The quantitative estimate of drug-likeness (QED) is 0.381. The fraction of sp³-hybridized carbons (Fsp3) is 0.0909. The van der Waals surface area contributed by atoms with Gasteiger partial charge in [0.05, 0.1) is 17.1 Å². The lowest BCUT2D eigenvalue weighted by Gasteiger charge is -2.29. The molecule has 30 heavy (non-hydrogen) atoms. The van der Waals surface area contributed by atoms with E-state index in [-0.39, 0.29) is 24.1 Å². The number of aromatic nitrogens is 2. The van der Waals surface area contributed by atoms with E-state index in [0.717, 1.165) is 31.4 Å². The van der Waals surface area contributed by atoms with E-state index in [0.29, 0.717) is 5.69 Å². The fourth-order valence-electron chi connectivity index (χ4n) is 3.36. The molecule has 5 rings (SSSR count). The second kappa shape index (κ2) is 7.89. The van der Waals surface area contributed by atoms with Gasteiger partial charge in [0.25, 0.3) is 0 Å². The Hall–Kier alpha value is -3.23. The fourth-order valence-corrected chi connectivity index (χ4v) is 5.28. The number of amides is 2. The number of para-hydroxylation sites is 2. The van der Waals surface area contributed by atoms with Gasteiger partial charge in [0.1, 0.15) is 22.7 Å². The Balaban J connectivity index is 1.39. The number of fused-ring (bicyclic) bond motifs is 2. The summed E-state index contributed by atoms with van der Waals surface area (Å²) in [4.78, 5) is 37.2. The standard InChI is InChI=1S/C22H16N4O2S2/c27-19-11-26(17-9-5-4-8-16(17)25-19)20(28)12-29-21-15-10-18(14-6-2-1-3-7-14)30-22(15)24-13-23-21/h1-10,13H,11-12H2,(H,25,27). The van der Waals surface area contributed by atoms with Gasteiger partial charge in [-0.25, -0.2) is 9.97 Å². The van der Waals surface area contributed by atoms with Crippen LogP contribution in [0.5, 0.6) is 0 Å². The van der Waals surface area contributed by atoms with Gasteiger partial charge in [-0.1, -0.05) is 54.2 Å². The number of carbonyl (C=O) groups is 2. The second-order valence-corrected chi connectivity index (χ2v) is 8.70. The largest absolute Gasteiger partial charge is 0.323 e. The van der Waals surface area contributed by atoms with Gasteiger partial charge >= 0.3 is 0 Å². The molecule has 0 unspecified atom stereocenters. The predicted molar refractivity (Wildman–Crippen MR) is 121 cm³/mol. The summed E-state index contributed by atoms with van der Waals surface area (Å²) in [7, 11) is 0. The summed E-state index contributed by atoms with van der Waals surface area (Å²) < 4.78 is 0. The van der Waals surface area contributed by atoms with Crippen molar-refractivity contribution in [3.05, 3.63) is 67.0 Å². The first-order valence-corrected chi connectivity index (χ1v) is 11.1. The average Bonchev–Trinajstić information content (AvgIpc) is 3.22. The lowest BCUT2D eigenvalue weighted by molar-refractivity contribution is -0.120. The highest BCUT2D eigenvalue weighted by Gasteiger charge is 2.26. The smallest absolute Gasteiger partial charge is 0.244 e. The third kappa shape index (κ3) is 3.55. The normalized spacial score (nSPS) is 13.2. The molecule has 0 atom stereocenters. The van der Waals surface area contributed by atoms with Crippen LogP contribution in [0.3, 0.4) is 0 Å². The van der Waals surface area contributed by atoms with Crippen LogP contribution in [0, 0.1) is 0 Å². The van der Waals surface area contributed by atoms with Gasteiger partial charge in [0.15, 0.2) is 0 Å². The van der Waals surface area contributed by atoms with Crippen molar-refractivity contribution < 1.29 is 9.59 Å². The monoisotopic (exact) mass is 432 g/mol. The first-order chi connectivity index (χ1) is 14.7. The molecule has 0 saturated carbocycles. The zero-order valence-electron chi connectivity index (χ0n) is 15.7. The molecular weight excluding hydrogens is 416 g/mol. The molecule has 0 saturated heterocycles. The van der Waals surface area contributed by atoms with Gasteiger partial charge in [-0.15, -0.1) is 11.3 Å². The van der Waals surface area contributed by atoms with E-state index in [1.807, 2.05) is 36.4 Å². The van der Waals surface area contributed by atoms with Gasteiger partial charge < -0.3 is 10.2 Å². The summed E-state index contributed by atoms with van der Waals surface area (Å²) in [5.74, 6) is -0.140. The molecule has 8 heteroatoms. The number of anilines is 2. The zero-order chi connectivity index (χ0) is 20.5. The molecule has 2 amide bonds. The number of carbonyl (C=O) groups excluding carboxylic acids is 2. The van der Waals surface area contributed by atoms with Gasteiger partial charge in [0, 0.05) is 10.3 Å². The number of rotatable bonds is 4. The van der Waals surface area contributed by atoms with E-state index in [1.54, 1.807) is 17.4 Å². The van der Waals surface area contributed by atoms with E-state index in [4.69, 9.17) is 0 Å². The molecule has 2 aromatic heterocycles. The predicted octanol–water partition coefficient (Wildman–Crippen LogP) is 4.44. The van der Waals surface area contributed by atoms with Gasteiger partial charge in [-0.05, 0) is 23.8 Å².